The van der Waals surface area contributed by atoms with Gasteiger partial charge in [0.1, 0.15) is 0 Å². The fourth-order valence-electron chi connectivity index (χ4n) is 0.994. The standard InChI is InChI=1S/C8H2ClF3N4/c9-6-2-5(8(10,11)12)1-4(3-13)7(6)15-16-14/h1-2H. The van der Waals surface area contributed by atoms with Gasteiger partial charge in [0, 0.05) is 4.91 Å². The molecule has 0 aliphatic rings. The van der Waals surface area contributed by atoms with Gasteiger partial charge in [-0.3, -0.25) is 0 Å². The van der Waals surface area contributed by atoms with Crippen LogP contribution < -0.4 is 0 Å². The molecule has 0 bridgehead atoms. The lowest BCUT2D eigenvalue weighted by atomic mass is 10.1. The van der Waals surface area contributed by atoms with E-state index in [1.165, 1.54) is 6.07 Å². The molecule has 0 N–H and O–H groups in total. The summed E-state index contributed by atoms with van der Waals surface area (Å²) in [6.45, 7) is 0. The first-order chi connectivity index (χ1) is 7.40. The van der Waals surface area contributed by atoms with Crippen molar-refractivity contribution in [2.45, 2.75) is 6.18 Å². The summed E-state index contributed by atoms with van der Waals surface area (Å²) in [7, 11) is 0. The van der Waals surface area contributed by atoms with E-state index in [1.807, 2.05) is 0 Å². The Bertz CT molecular complexity index is 511. The minimum atomic E-state index is -4.61. The van der Waals surface area contributed by atoms with Gasteiger partial charge in [-0.05, 0) is 17.7 Å². The van der Waals surface area contributed by atoms with Crippen molar-refractivity contribution < 1.29 is 13.2 Å². The van der Waals surface area contributed by atoms with Gasteiger partial charge in [-0.15, -0.1) is 0 Å². The van der Waals surface area contributed by atoms with E-state index in [0.717, 1.165) is 0 Å². The molecule has 0 aliphatic heterocycles. The van der Waals surface area contributed by atoms with Crippen molar-refractivity contribution in [3.05, 3.63) is 38.7 Å². The molecule has 82 valence electrons. The number of nitrogens with zero attached hydrogens (tertiary/aromatic N) is 4. The van der Waals surface area contributed by atoms with Gasteiger partial charge in [0.25, 0.3) is 0 Å². The quantitative estimate of drug-likeness (QED) is 0.416. The summed E-state index contributed by atoms with van der Waals surface area (Å²) in [6, 6.07) is 2.67. The number of halogens is 4. The number of benzene rings is 1. The van der Waals surface area contributed by atoms with E-state index in [1.54, 1.807) is 0 Å². The van der Waals surface area contributed by atoms with Crippen molar-refractivity contribution in [3.63, 3.8) is 0 Å². The average molecular weight is 247 g/mol. The second-order valence-corrected chi connectivity index (χ2v) is 3.06. The Kier molecular flexibility index (Phi) is 3.28. The largest absolute Gasteiger partial charge is 0.416 e. The molecule has 0 unspecified atom stereocenters. The highest BCUT2D eigenvalue weighted by molar-refractivity contribution is 6.33. The maximum atomic E-state index is 12.3. The van der Waals surface area contributed by atoms with Crippen molar-refractivity contribution in [2.75, 3.05) is 0 Å². The van der Waals surface area contributed by atoms with Crippen LogP contribution in [0.25, 0.3) is 10.4 Å². The van der Waals surface area contributed by atoms with E-state index in [9.17, 15) is 13.2 Å². The molecule has 1 aromatic carbocycles. The third-order valence-corrected chi connectivity index (χ3v) is 1.94. The SMILES string of the molecule is N#Cc1cc(C(F)(F)F)cc(Cl)c1N=[N+]=[N-]. The molecule has 0 atom stereocenters. The first-order valence-electron chi connectivity index (χ1n) is 3.76. The van der Waals surface area contributed by atoms with E-state index >= 15 is 0 Å². The van der Waals surface area contributed by atoms with Crippen LogP contribution >= 0.6 is 11.6 Å². The van der Waals surface area contributed by atoms with Crippen LogP contribution in [0.3, 0.4) is 0 Å². The maximum absolute atomic E-state index is 12.3. The smallest absolute Gasteiger partial charge is 0.192 e. The van der Waals surface area contributed by atoms with Crippen LogP contribution in [-0.4, -0.2) is 0 Å². The molecule has 1 rings (SSSR count). The topological polar surface area (TPSA) is 72.5 Å². The van der Waals surface area contributed by atoms with Gasteiger partial charge in [-0.2, -0.15) is 18.4 Å². The number of nitriles is 1. The fraction of sp³-hybridized carbons (Fsp3) is 0.125. The fourth-order valence-corrected chi connectivity index (χ4v) is 1.25. The van der Waals surface area contributed by atoms with Gasteiger partial charge < -0.3 is 0 Å². The molecule has 16 heavy (non-hydrogen) atoms. The highest BCUT2D eigenvalue weighted by atomic mass is 35.5. The molecule has 0 saturated heterocycles. The van der Waals surface area contributed by atoms with Crippen LogP contribution in [0.4, 0.5) is 18.9 Å². The first-order valence-corrected chi connectivity index (χ1v) is 4.14. The predicted molar refractivity (Wildman–Crippen MR) is 50.0 cm³/mol. The van der Waals surface area contributed by atoms with Crippen molar-refractivity contribution in [3.8, 4) is 6.07 Å². The van der Waals surface area contributed by atoms with Crippen molar-refractivity contribution >= 4 is 17.3 Å². The zero-order chi connectivity index (χ0) is 12.3. The Hall–Kier alpha value is -1.90. The van der Waals surface area contributed by atoms with Crippen LogP contribution in [0.15, 0.2) is 17.2 Å². The molecule has 0 heterocycles. The van der Waals surface area contributed by atoms with E-state index in [2.05, 4.69) is 10.0 Å². The van der Waals surface area contributed by atoms with Crippen molar-refractivity contribution in [1.29, 1.82) is 5.26 Å². The third-order valence-electron chi connectivity index (χ3n) is 1.66. The molecular weight excluding hydrogens is 245 g/mol. The summed E-state index contributed by atoms with van der Waals surface area (Å²) in [4.78, 5) is 2.38. The molecule has 1 aromatic rings. The number of azide groups is 1. The molecule has 0 saturated carbocycles. The summed E-state index contributed by atoms with van der Waals surface area (Å²) >= 11 is 5.48. The van der Waals surface area contributed by atoms with Gasteiger partial charge in [0.15, 0.2) is 0 Å². The lowest BCUT2D eigenvalue weighted by Gasteiger charge is -2.09. The minimum absolute atomic E-state index is 0.306. The highest BCUT2D eigenvalue weighted by Gasteiger charge is 2.32. The summed E-state index contributed by atoms with van der Waals surface area (Å²) in [5, 5.41) is 11.2. The summed E-state index contributed by atoms with van der Waals surface area (Å²) in [6.07, 6.45) is -4.61. The molecule has 0 aromatic heterocycles. The summed E-state index contributed by atoms with van der Waals surface area (Å²) < 4.78 is 37.0. The predicted octanol–water partition coefficient (Wildman–Crippen LogP) is 4.17. The van der Waals surface area contributed by atoms with Gasteiger partial charge in [-0.1, -0.05) is 16.7 Å². The third kappa shape index (κ3) is 2.37. The second kappa shape index (κ2) is 4.31. The number of hydrogen-bond donors (Lipinski definition) is 0. The first kappa shape index (κ1) is 12.2. The second-order valence-electron chi connectivity index (χ2n) is 2.65. The van der Waals surface area contributed by atoms with Crippen molar-refractivity contribution in [1.82, 2.24) is 0 Å². The Balaban J connectivity index is 3.51. The average Bonchev–Trinajstić information content (AvgIpc) is 2.19. The normalized spacial score (nSPS) is 10.4. The molecular formula is C8H2ClF3N4. The molecule has 0 aliphatic carbocycles. The molecule has 0 radical (unpaired) electrons. The van der Waals surface area contributed by atoms with Crippen LogP contribution in [0.1, 0.15) is 11.1 Å². The molecule has 0 spiro atoms. The van der Waals surface area contributed by atoms with Gasteiger partial charge in [0.2, 0.25) is 0 Å². The Morgan fingerprint density at radius 2 is 2.06 bits per heavy atom. The van der Waals surface area contributed by atoms with Crippen LogP contribution in [-0.2, 0) is 6.18 Å². The maximum Gasteiger partial charge on any atom is 0.416 e. The van der Waals surface area contributed by atoms with E-state index in [-0.39, 0.29) is 5.69 Å². The minimum Gasteiger partial charge on any atom is -0.192 e. The van der Waals surface area contributed by atoms with E-state index in [0.29, 0.717) is 12.1 Å². The molecule has 0 fully saturated rings. The monoisotopic (exact) mass is 246 g/mol. The summed E-state index contributed by atoms with van der Waals surface area (Å²) in [5.74, 6) is 0. The number of alkyl halides is 3. The van der Waals surface area contributed by atoms with Crippen LogP contribution in [0, 0.1) is 11.3 Å². The lowest BCUT2D eigenvalue weighted by Crippen LogP contribution is -2.05. The van der Waals surface area contributed by atoms with Crippen molar-refractivity contribution in [2.24, 2.45) is 5.11 Å². The molecule has 4 nitrogen and oxygen atoms in total. The summed E-state index contributed by atoms with van der Waals surface area (Å²) in [5.41, 5.74) is 6.37. The van der Waals surface area contributed by atoms with Gasteiger partial charge >= 0.3 is 6.18 Å². The molecule has 0 amide bonds. The number of rotatable bonds is 1. The Labute approximate surface area is 92.5 Å². The lowest BCUT2D eigenvalue weighted by molar-refractivity contribution is -0.137. The van der Waals surface area contributed by atoms with Gasteiger partial charge in [-0.25, -0.2) is 0 Å². The van der Waals surface area contributed by atoms with E-state index in [4.69, 9.17) is 22.4 Å². The van der Waals surface area contributed by atoms with Crippen LogP contribution in [0.2, 0.25) is 5.02 Å². The zero-order valence-corrected chi connectivity index (χ0v) is 8.21. The highest BCUT2D eigenvalue weighted by Crippen LogP contribution is 2.37. The zero-order valence-electron chi connectivity index (χ0n) is 7.46. The van der Waals surface area contributed by atoms with E-state index < -0.39 is 22.3 Å². The van der Waals surface area contributed by atoms with Gasteiger partial charge in [0.05, 0.1) is 27.9 Å². The number of hydrogen-bond acceptors (Lipinski definition) is 2. The Morgan fingerprint density at radius 1 is 1.44 bits per heavy atom. The molecule has 8 heteroatoms. The Morgan fingerprint density at radius 3 is 2.50 bits per heavy atom. The van der Waals surface area contributed by atoms with Crippen LogP contribution in [0.5, 0.6) is 0 Å².